The highest BCUT2D eigenvalue weighted by Crippen LogP contribution is 2.16. The standard InChI is InChI=1S/C11H12FN3O3/c12-10-5-8(15(17)18)1-2-9(10)11(16)14-7-3-4-13-6-7/h1-2,5,7,13H,3-4,6H2,(H,14,16). The summed E-state index contributed by atoms with van der Waals surface area (Å²) < 4.78 is 13.6. The van der Waals surface area contributed by atoms with E-state index in [2.05, 4.69) is 10.6 Å². The normalized spacial score (nSPS) is 18.6. The number of non-ortho nitro benzene ring substituents is 1. The molecule has 0 radical (unpaired) electrons. The van der Waals surface area contributed by atoms with Crippen molar-refractivity contribution in [1.29, 1.82) is 0 Å². The van der Waals surface area contributed by atoms with Crippen molar-refractivity contribution in [2.24, 2.45) is 0 Å². The summed E-state index contributed by atoms with van der Waals surface area (Å²) in [4.78, 5) is 21.5. The molecule has 0 aromatic heterocycles. The fourth-order valence-corrected chi connectivity index (χ4v) is 1.84. The van der Waals surface area contributed by atoms with Crippen molar-refractivity contribution in [2.45, 2.75) is 12.5 Å². The van der Waals surface area contributed by atoms with Crippen molar-refractivity contribution < 1.29 is 14.1 Å². The van der Waals surface area contributed by atoms with Crippen LogP contribution in [0, 0.1) is 15.9 Å². The number of halogens is 1. The molecule has 1 fully saturated rings. The zero-order chi connectivity index (χ0) is 13.1. The molecule has 0 bridgehead atoms. The van der Waals surface area contributed by atoms with E-state index < -0.39 is 16.6 Å². The van der Waals surface area contributed by atoms with Gasteiger partial charge >= 0.3 is 0 Å². The van der Waals surface area contributed by atoms with Crippen LogP contribution in [0.3, 0.4) is 0 Å². The monoisotopic (exact) mass is 253 g/mol. The van der Waals surface area contributed by atoms with E-state index in [1.807, 2.05) is 0 Å². The second-order valence-corrected chi connectivity index (χ2v) is 4.08. The Bertz CT molecular complexity index is 486. The van der Waals surface area contributed by atoms with Gasteiger partial charge in [0.05, 0.1) is 16.6 Å². The van der Waals surface area contributed by atoms with Crippen molar-refractivity contribution in [1.82, 2.24) is 10.6 Å². The van der Waals surface area contributed by atoms with Crippen LogP contribution in [0.2, 0.25) is 0 Å². The molecule has 7 heteroatoms. The molecular weight excluding hydrogens is 241 g/mol. The minimum absolute atomic E-state index is 0.0212. The third-order valence-electron chi connectivity index (χ3n) is 2.80. The minimum atomic E-state index is -0.882. The molecule has 0 spiro atoms. The first-order valence-corrected chi connectivity index (χ1v) is 5.53. The molecule has 1 amide bonds. The highest BCUT2D eigenvalue weighted by atomic mass is 19.1. The fraction of sp³-hybridized carbons (Fsp3) is 0.364. The molecule has 6 nitrogen and oxygen atoms in total. The number of nitro benzene ring substituents is 1. The smallest absolute Gasteiger partial charge is 0.272 e. The molecule has 2 rings (SSSR count). The minimum Gasteiger partial charge on any atom is -0.348 e. The van der Waals surface area contributed by atoms with Gasteiger partial charge in [-0.3, -0.25) is 14.9 Å². The zero-order valence-corrected chi connectivity index (χ0v) is 9.48. The quantitative estimate of drug-likeness (QED) is 0.617. The summed E-state index contributed by atoms with van der Waals surface area (Å²) in [5, 5.41) is 16.2. The molecule has 18 heavy (non-hydrogen) atoms. The van der Waals surface area contributed by atoms with E-state index in [1.54, 1.807) is 0 Å². The molecule has 1 unspecified atom stereocenters. The Kier molecular flexibility index (Phi) is 3.52. The van der Waals surface area contributed by atoms with Crippen LogP contribution in [-0.4, -0.2) is 30.0 Å². The van der Waals surface area contributed by atoms with E-state index >= 15 is 0 Å². The number of carbonyl (C=O) groups excluding carboxylic acids is 1. The van der Waals surface area contributed by atoms with Gasteiger partial charge in [0, 0.05) is 18.7 Å². The topological polar surface area (TPSA) is 84.3 Å². The first-order valence-electron chi connectivity index (χ1n) is 5.53. The number of amides is 1. The number of carbonyl (C=O) groups is 1. The third-order valence-corrected chi connectivity index (χ3v) is 2.80. The molecule has 1 aliphatic rings. The van der Waals surface area contributed by atoms with Crippen molar-refractivity contribution >= 4 is 11.6 Å². The van der Waals surface area contributed by atoms with Crippen molar-refractivity contribution in [2.75, 3.05) is 13.1 Å². The average Bonchev–Trinajstić information content (AvgIpc) is 2.81. The number of nitro groups is 1. The van der Waals surface area contributed by atoms with Crippen LogP contribution in [0.4, 0.5) is 10.1 Å². The second-order valence-electron chi connectivity index (χ2n) is 4.08. The van der Waals surface area contributed by atoms with E-state index in [4.69, 9.17) is 0 Å². The van der Waals surface area contributed by atoms with E-state index in [0.29, 0.717) is 6.54 Å². The lowest BCUT2D eigenvalue weighted by Gasteiger charge is -2.11. The number of hydrogen-bond acceptors (Lipinski definition) is 4. The van der Waals surface area contributed by atoms with Gasteiger partial charge in [0.1, 0.15) is 5.82 Å². The Morgan fingerprint density at radius 3 is 2.89 bits per heavy atom. The molecule has 0 aliphatic carbocycles. The first kappa shape index (κ1) is 12.4. The Labute approximate surface area is 102 Å². The molecule has 2 N–H and O–H groups in total. The van der Waals surface area contributed by atoms with E-state index in [9.17, 15) is 19.3 Å². The first-order chi connectivity index (χ1) is 8.58. The Morgan fingerprint density at radius 2 is 2.33 bits per heavy atom. The zero-order valence-electron chi connectivity index (χ0n) is 9.48. The van der Waals surface area contributed by atoms with Crippen LogP contribution in [0.5, 0.6) is 0 Å². The Hall–Kier alpha value is -2.02. The molecule has 1 heterocycles. The predicted octanol–water partition coefficient (Wildman–Crippen LogP) is 0.826. The fourth-order valence-electron chi connectivity index (χ4n) is 1.84. The summed E-state index contributed by atoms with van der Waals surface area (Å²) in [6.45, 7) is 1.47. The van der Waals surface area contributed by atoms with Crippen LogP contribution >= 0.6 is 0 Å². The molecular formula is C11H12FN3O3. The molecule has 0 saturated carbocycles. The Morgan fingerprint density at radius 1 is 1.56 bits per heavy atom. The molecule has 1 saturated heterocycles. The van der Waals surface area contributed by atoms with Gasteiger partial charge in [0.25, 0.3) is 11.6 Å². The highest BCUT2D eigenvalue weighted by Gasteiger charge is 2.20. The van der Waals surface area contributed by atoms with Gasteiger partial charge in [-0.05, 0) is 19.0 Å². The van der Waals surface area contributed by atoms with Crippen LogP contribution < -0.4 is 10.6 Å². The summed E-state index contributed by atoms with van der Waals surface area (Å²) >= 11 is 0. The molecule has 96 valence electrons. The summed E-state index contributed by atoms with van der Waals surface area (Å²) in [5.41, 5.74) is -0.543. The van der Waals surface area contributed by atoms with Crippen molar-refractivity contribution in [3.63, 3.8) is 0 Å². The highest BCUT2D eigenvalue weighted by molar-refractivity contribution is 5.94. The maximum atomic E-state index is 13.6. The number of nitrogens with one attached hydrogen (secondary N) is 2. The van der Waals surface area contributed by atoms with Crippen molar-refractivity contribution in [3.05, 3.63) is 39.7 Å². The van der Waals surface area contributed by atoms with Crippen molar-refractivity contribution in [3.8, 4) is 0 Å². The summed E-state index contributed by atoms with van der Waals surface area (Å²) in [6.07, 6.45) is 0.792. The lowest BCUT2D eigenvalue weighted by atomic mass is 10.1. The van der Waals surface area contributed by atoms with Gasteiger partial charge in [-0.15, -0.1) is 0 Å². The molecule has 1 aliphatic heterocycles. The lowest BCUT2D eigenvalue weighted by molar-refractivity contribution is -0.385. The molecule has 1 aromatic rings. The van der Waals surface area contributed by atoms with Gasteiger partial charge < -0.3 is 10.6 Å². The summed E-state index contributed by atoms with van der Waals surface area (Å²) in [7, 11) is 0. The average molecular weight is 253 g/mol. The van der Waals surface area contributed by atoms with Crippen LogP contribution in [0.25, 0.3) is 0 Å². The maximum Gasteiger partial charge on any atom is 0.272 e. The van der Waals surface area contributed by atoms with E-state index in [-0.39, 0.29) is 17.3 Å². The predicted molar refractivity (Wildman–Crippen MR) is 61.8 cm³/mol. The van der Waals surface area contributed by atoms with Gasteiger partial charge in [0.15, 0.2) is 0 Å². The third kappa shape index (κ3) is 2.62. The summed E-state index contributed by atoms with van der Waals surface area (Å²) in [5.74, 6) is -1.43. The van der Waals surface area contributed by atoms with E-state index in [1.165, 1.54) is 0 Å². The Balaban J connectivity index is 2.12. The molecule has 1 aromatic carbocycles. The number of hydrogen-bond donors (Lipinski definition) is 2. The van der Waals surface area contributed by atoms with Gasteiger partial charge in [-0.25, -0.2) is 4.39 Å². The van der Waals surface area contributed by atoms with Crippen LogP contribution in [0.1, 0.15) is 16.8 Å². The molecule has 1 atom stereocenters. The summed E-state index contributed by atoms with van der Waals surface area (Å²) in [6, 6.07) is 2.98. The largest absolute Gasteiger partial charge is 0.348 e. The van der Waals surface area contributed by atoms with Gasteiger partial charge in [0.2, 0.25) is 0 Å². The van der Waals surface area contributed by atoms with Crippen LogP contribution in [-0.2, 0) is 0 Å². The maximum absolute atomic E-state index is 13.6. The number of rotatable bonds is 3. The SMILES string of the molecule is O=C(NC1CCNC1)c1ccc([N+](=O)[O-])cc1F. The van der Waals surface area contributed by atoms with E-state index in [0.717, 1.165) is 31.2 Å². The second kappa shape index (κ2) is 5.09. The number of benzene rings is 1. The van der Waals surface area contributed by atoms with Gasteiger partial charge in [-0.1, -0.05) is 0 Å². The van der Waals surface area contributed by atoms with Crippen LogP contribution in [0.15, 0.2) is 18.2 Å². The van der Waals surface area contributed by atoms with Gasteiger partial charge in [-0.2, -0.15) is 0 Å². The lowest BCUT2D eigenvalue weighted by Crippen LogP contribution is -2.36. The number of nitrogens with zero attached hydrogens (tertiary/aromatic N) is 1.